The van der Waals surface area contributed by atoms with E-state index in [1.54, 1.807) is 12.1 Å². The molecule has 0 aliphatic carbocycles. The van der Waals surface area contributed by atoms with Crippen LogP contribution in [0.1, 0.15) is 44.7 Å². The quantitative estimate of drug-likeness (QED) is 0.778. The summed E-state index contributed by atoms with van der Waals surface area (Å²) in [5, 5.41) is 11.1. The zero-order chi connectivity index (χ0) is 20.5. The third kappa shape index (κ3) is 4.49. The van der Waals surface area contributed by atoms with E-state index < -0.39 is 0 Å². The fourth-order valence-corrected chi connectivity index (χ4v) is 4.98. The van der Waals surface area contributed by atoms with Gasteiger partial charge in [0, 0.05) is 49.7 Å². The number of likely N-dealkylation sites (tertiary alicyclic amines) is 1. The van der Waals surface area contributed by atoms with Crippen molar-refractivity contribution in [1.82, 2.24) is 9.80 Å². The molecule has 29 heavy (non-hydrogen) atoms. The molecule has 1 aromatic carbocycles. The summed E-state index contributed by atoms with van der Waals surface area (Å²) in [7, 11) is 0. The van der Waals surface area contributed by atoms with Gasteiger partial charge in [-0.3, -0.25) is 9.80 Å². The Kier molecular flexibility index (Phi) is 5.95. The first-order chi connectivity index (χ1) is 13.9. The molecule has 6 heteroatoms. The molecule has 2 saturated heterocycles. The summed E-state index contributed by atoms with van der Waals surface area (Å²) in [6.07, 6.45) is 3.65. The van der Waals surface area contributed by atoms with Gasteiger partial charge in [-0.2, -0.15) is 0 Å². The molecule has 0 amide bonds. The van der Waals surface area contributed by atoms with Gasteiger partial charge in [0.05, 0.1) is 12.2 Å². The molecule has 0 saturated carbocycles. The van der Waals surface area contributed by atoms with Crippen molar-refractivity contribution < 1.29 is 14.3 Å². The summed E-state index contributed by atoms with van der Waals surface area (Å²) in [5.41, 5.74) is 1.97. The maximum absolute atomic E-state index is 12.1. The van der Waals surface area contributed by atoms with E-state index in [4.69, 9.17) is 9.15 Å². The number of fused-ring (bicyclic) bond motifs is 1. The minimum absolute atomic E-state index is 0.190. The van der Waals surface area contributed by atoms with Gasteiger partial charge in [0.1, 0.15) is 11.3 Å². The molecule has 158 valence electrons. The highest BCUT2D eigenvalue weighted by molar-refractivity contribution is 5.82. The minimum atomic E-state index is -0.359. The molecule has 3 heterocycles. The lowest BCUT2D eigenvalue weighted by molar-refractivity contribution is -0.0724. The van der Waals surface area contributed by atoms with Crippen LogP contribution in [0.3, 0.4) is 0 Å². The molecule has 2 aliphatic heterocycles. The number of benzene rings is 1. The Morgan fingerprint density at radius 3 is 2.62 bits per heavy atom. The lowest BCUT2D eigenvalue weighted by atomic mass is 10.0. The van der Waals surface area contributed by atoms with Gasteiger partial charge >= 0.3 is 5.63 Å². The first-order valence-electron chi connectivity index (χ1n) is 10.8. The standard InChI is InChI=1S/C23H32N2O4/c1-4-17-8-20-18(9-23(27)29-22(20)10-21(17)26)13-25-7-5-6-19(25)14-24-11-15(2)28-16(3)12-24/h8-10,15-16,19,26H,4-7,11-14H2,1-3H3. The number of rotatable bonds is 5. The molecule has 2 fully saturated rings. The number of aromatic hydroxyl groups is 1. The summed E-state index contributed by atoms with van der Waals surface area (Å²) in [4.78, 5) is 17.1. The van der Waals surface area contributed by atoms with Crippen molar-refractivity contribution in [3.8, 4) is 5.75 Å². The molecule has 0 radical (unpaired) electrons. The van der Waals surface area contributed by atoms with E-state index in [2.05, 4.69) is 23.6 Å². The maximum Gasteiger partial charge on any atom is 0.336 e. The predicted octanol–water partition coefficient (Wildman–Crippen LogP) is 3.13. The van der Waals surface area contributed by atoms with E-state index in [1.807, 2.05) is 13.0 Å². The summed E-state index contributed by atoms with van der Waals surface area (Å²) >= 11 is 0. The molecule has 1 aromatic heterocycles. The SMILES string of the molecule is CCc1cc2c(CN3CCCC3CN3CC(C)OC(C)C3)cc(=O)oc2cc1O. The summed E-state index contributed by atoms with van der Waals surface area (Å²) < 4.78 is 11.2. The van der Waals surface area contributed by atoms with E-state index >= 15 is 0 Å². The number of hydrogen-bond acceptors (Lipinski definition) is 6. The Bertz CT molecular complexity index is 915. The van der Waals surface area contributed by atoms with E-state index in [0.29, 0.717) is 11.6 Å². The fourth-order valence-electron chi connectivity index (χ4n) is 4.98. The fraction of sp³-hybridized carbons (Fsp3) is 0.609. The van der Waals surface area contributed by atoms with Crippen LogP contribution in [0, 0.1) is 0 Å². The lowest BCUT2D eigenvalue weighted by Gasteiger charge is -2.38. The number of phenols is 1. The molecule has 0 bridgehead atoms. The molecule has 6 nitrogen and oxygen atoms in total. The van der Waals surface area contributed by atoms with Crippen LogP contribution in [-0.4, -0.2) is 59.3 Å². The van der Waals surface area contributed by atoms with E-state index in [-0.39, 0.29) is 23.6 Å². The number of morpholine rings is 1. The first kappa shape index (κ1) is 20.4. The molecule has 2 aliphatic rings. The van der Waals surface area contributed by atoms with E-state index in [9.17, 15) is 9.90 Å². The summed E-state index contributed by atoms with van der Waals surface area (Å²) in [6, 6.07) is 5.65. The van der Waals surface area contributed by atoms with Gasteiger partial charge < -0.3 is 14.3 Å². The van der Waals surface area contributed by atoms with Crippen molar-refractivity contribution in [2.45, 2.75) is 64.8 Å². The third-order valence-electron chi connectivity index (χ3n) is 6.25. The number of phenolic OH excluding ortho intramolecular Hbond substituents is 1. The van der Waals surface area contributed by atoms with Crippen molar-refractivity contribution in [1.29, 1.82) is 0 Å². The number of aryl methyl sites for hydroxylation is 1. The van der Waals surface area contributed by atoms with Crippen LogP contribution in [-0.2, 0) is 17.7 Å². The average Bonchev–Trinajstić information content (AvgIpc) is 3.06. The van der Waals surface area contributed by atoms with Gasteiger partial charge in [-0.05, 0) is 56.8 Å². The second kappa shape index (κ2) is 8.46. The molecule has 4 rings (SSSR count). The Hall–Kier alpha value is -1.89. The highest BCUT2D eigenvalue weighted by atomic mass is 16.5. The Labute approximate surface area is 172 Å². The largest absolute Gasteiger partial charge is 0.508 e. The van der Waals surface area contributed by atoms with Gasteiger partial charge in [0.2, 0.25) is 0 Å². The van der Waals surface area contributed by atoms with Gasteiger partial charge in [-0.25, -0.2) is 4.79 Å². The van der Waals surface area contributed by atoms with Gasteiger partial charge in [-0.15, -0.1) is 0 Å². The number of nitrogens with zero attached hydrogens (tertiary/aromatic N) is 2. The third-order valence-corrected chi connectivity index (χ3v) is 6.25. The van der Waals surface area contributed by atoms with Crippen molar-refractivity contribution in [2.75, 3.05) is 26.2 Å². The Balaban J connectivity index is 1.56. The van der Waals surface area contributed by atoms with Gasteiger partial charge in [0.15, 0.2) is 0 Å². The van der Waals surface area contributed by atoms with Crippen molar-refractivity contribution >= 4 is 11.0 Å². The molecule has 3 unspecified atom stereocenters. The van der Waals surface area contributed by atoms with Crippen LogP contribution in [0.4, 0.5) is 0 Å². The smallest absolute Gasteiger partial charge is 0.336 e. The lowest BCUT2D eigenvalue weighted by Crippen LogP contribution is -2.50. The Morgan fingerprint density at radius 2 is 1.90 bits per heavy atom. The Morgan fingerprint density at radius 1 is 1.14 bits per heavy atom. The first-order valence-corrected chi connectivity index (χ1v) is 10.8. The van der Waals surface area contributed by atoms with Crippen LogP contribution in [0.15, 0.2) is 27.4 Å². The maximum atomic E-state index is 12.1. The predicted molar refractivity (Wildman–Crippen MR) is 113 cm³/mol. The monoisotopic (exact) mass is 400 g/mol. The van der Waals surface area contributed by atoms with Crippen LogP contribution >= 0.6 is 0 Å². The molecular formula is C23H32N2O4. The van der Waals surface area contributed by atoms with Gasteiger partial charge in [-0.1, -0.05) is 6.92 Å². The summed E-state index contributed by atoms with van der Waals surface area (Å²) in [5.74, 6) is 0.190. The highest BCUT2D eigenvalue weighted by Gasteiger charge is 2.30. The normalized spacial score (nSPS) is 26.4. The van der Waals surface area contributed by atoms with Crippen molar-refractivity contribution in [3.63, 3.8) is 0 Å². The van der Waals surface area contributed by atoms with E-state index in [0.717, 1.165) is 55.7 Å². The zero-order valence-corrected chi connectivity index (χ0v) is 17.7. The van der Waals surface area contributed by atoms with Crippen LogP contribution in [0.25, 0.3) is 11.0 Å². The van der Waals surface area contributed by atoms with Gasteiger partial charge in [0.25, 0.3) is 0 Å². The second-order valence-electron chi connectivity index (χ2n) is 8.66. The van der Waals surface area contributed by atoms with Crippen LogP contribution < -0.4 is 5.63 Å². The molecule has 1 N–H and O–H groups in total. The topological polar surface area (TPSA) is 66.2 Å². The molecular weight excluding hydrogens is 368 g/mol. The molecule has 3 atom stereocenters. The second-order valence-corrected chi connectivity index (χ2v) is 8.66. The van der Waals surface area contributed by atoms with Crippen LogP contribution in [0.5, 0.6) is 5.75 Å². The zero-order valence-electron chi connectivity index (χ0n) is 17.7. The van der Waals surface area contributed by atoms with Crippen molar-refractivity contribution in [2.24, 2.45) is 0 Å². The highest BCUT2D eigenvalue weighted by Crippen LogP contribution is 2.29. The minimum Gasteiger partial charge on any atom is -0.508 e. The average molecular weight is 401 g/mol. The van der Waals surface area contributed by atoms with E-state index in [1.165, 1.54) is 12.8 Å². The number of ether oxygens (including phenoxy) is 1. The molecule has 2 aromatic rings. The van der Waals surface area contributed by atoms with Crippen molar-refractivity contribution in [3.05, 3.63) is 39.7 Å². The van der Waals surface area contributed by atoms with Crippen LogP contribution in [0.2, 0.25) is 0 Å². The number of hydrogen-bond donors (Lipinski definition) is 1. The molecule has 0 spiro atoms. The summed E-state index contributed by atoms with van der Waals surface area (Å²) in [6.45, 7) is 11.1.